The molecule has 0 radical (unpaired) electrons. The van der Waals surface area contributed by atoms with Crippen LogP contribution < -0.4 is 5.32 Å². The van der Waals surface area contributed by atoms with Crippen molar-refractivity contribution in [2.45, 2.75) is 26.7 Å². The normalized spacial score (nSPS) is 10.4. The van der Waals surface area contributed by atoms with Crippen LogP contribution in [0.1, 0.15) is 47.1 Å². The molecule has 0 fully saturated rings. The van der Waals surface area contributed by atoms with Crippen LogP contribution in [-0.4, -0.2) is 23.6 Å². The van der Waals surface area contributed by atoms with E-state index in [4.69, 9.17) is 26.1 Å². The zero-order valence-corrected chi connectivity index (χ0v) is 14.7. The number of carbonyl (C=O) groups is 2. The summed E-state index contributed by atoms with van der Waals surface area (Å²) >= 11 is 5.90. The number of halogens is 1. The van der Waals surface area contributed by atoms with Gasteiger partial charge in [-0.1, -0.05) is 30.6 Å². The van der Waals surface area contributed by atoms with Crippen LogP contribution in [0.3, 0.4) is 0 Å². The van der Waals surface area contributed by atoms with Crippen LogP contribution in [0.25, 0.3) is 0 Å². The second-order valence-corrected chi connectivity index (χ2v) is 6.00. The number of nitriles is 1. The SMILES string of the molecule is Cc1noc(C(C)C)c1C(=O)OCC(=O)Nc1ccc(C#N)c(Cl)c1. The van der Waals surface area contributed by atoms with Gasteiger partial charge in [-0.3, -0.25) is 4.79 Å². The van der Waals surface area contributed by atoms with Crippen molar-refractivity contribution in [1.29, 1.82) is 5.26 Å². The Morgan fingerprint density at radius 1 is 1.44 bits per heavy atom. The minimum absolute atomic E-state index is 0.0432. The lowest BCUT2D eigenvalue weighted by molar-refractivity contribution is -0.119. The maximum atomic E-state index is 12.2. The van der Waals surface area contributed by atoms with Crippen molar-refractivity contribution >= 4 is 29.2 Å². The van der Waals surface area contributed by atoms with Gasteiger partial charge in [-0.2, -0.15) is 5.26 Å². The first kappa shape index (κ1) is 18.5. The van der Waals surface area contributed by atoms with E-state index in [-0.39, 0.29) is 16.5 Å². The summed E-state index contributed by atoms with van der Waals surface area (Å²) in [6, 6.07) is 6.39. The van der Waals surface area contributed by atoms with Gasteiger partial charge in [-0.25, -0.2) is 4.79 Å². The summed E-state index contributed by atoms with van der Waals surface area (Å²) in [5.41, 5.74) is 1.35. The van der Waals surface area contributed by atoms with Gasteiger partial charge >= 0.3 is 5.97 Å². The second kappa shape index (κ2) is 7.81. The fourth-order valence-electron chi connectivity index (χ4n) is 2.11. The molecule has 0 spiro atoms. The highest BCUT2D eigenvalue weighted by Gasteiger charge is 2.24. The summed E-state index contributed by atoms with van der Waals surface area (Å²) in [5.74, 6) is -0.829. The molecule has 0 unspecified atom stereocenters. The molecule has 0 aliphatic carbocycles. The average Bonchev–Trinajstić information content (AvgIpc) is 2.95. The summed E-state index contributed by atoms with van der Waals surface area (Å²) < 4.78 is 10.2. The van der Waals surface area contributed by atoms with Crippen molar-refractivity contribution in [3.05, 3.63) is 45.8 Å². The number of rotatable bonds is 5. The Morgan fingerprint density at radius 2 is 2.16 bits per heavy atom. The van der Waals surface area contributed by atoms with E-state index in [1.54, 1.807) is 6.92 Å². The molecule has 7 nitrogen and oxygen atoms in total. The minimum Gasteiger partial charge on any atom is -0.452 e. The maximum absolute atomic E-state index is 12.2. The lowest BCUT2D eigenvalue weighted by atomic mass is 10.1. The molecule has 25 heavy (non-hydrogen) atoms. The molecule has 2 rings (SSSR count). The molecule has 2 aromatic rings. The van der Waals surface area contributed by atoms with Gasteiger partial charge in [0.25, 0.3) is 5.91 Å². The number of carbonyl (C=O) groups excluding carboxylic acids is 2. The fourth-order valence-corrected chi connectivity index (χ4v) is 2.34. The molecule has 130 valence electrons. The third-order valence-electron chi connectivity index (χ3n) is 3.33. The maximum Gasteiger partial charge on any atom is 0.344 e. The van der Waals surface area contributed by atoms with E-state index in [9.17, 15) is 9.59 Å². The van der Waals surface area contributed by atoms with Crippen molar-refractivity contribution in [3.8, 4) is 6.07 Å². The molecule has 1 heterocycles. The third-order valence-corrected chi connectivity index (χ3v) is 3.64. The lowest BCUT2D eigenvalue weighted by Gasteiger charge is -2.08. The first-order chi connectivity index (χ1) is 11.8. The molecule has 0 aliphatic rings. The third kappa shape index (κ3) is 4.37. The van der Waals surface area contributed by atoms with Gasteiger partial charge in [0.1, 0.15) is 11.6 Å². The van der Waals surface area contributed by atoms with Crippen LogP contribution in [0.15, 0.2) is 22.7 Å². The van der Waals surface area contributed by atoms with Gasteiger partial charge in [0.15, 0.2) is 12.4 Å². The van der Waals surface area contributed by atoms with Gasteiger partial charge in [0.2, 0.25) is 0 Å². The molecule has 0 aliphatic heterocycles. The molecular formula is C17H16ClN3O4. The van der Waals surface area contributed by atoms with E-state index in [1.165, 1.54) is 18.2 Å². The summed E-state index contributed by atoms with van der Waals surface area (Å²) in [6.45, 7) is 4.87. The predicted octanol–water partition coefficient (Wildman–Crippen LogP) is 3.43. The number of ether oxygens (including phenoxy) is 1. The standard InChI is InChI=1S/C17H16ClN3O4/c1-9(2)16-15(10(3)21-25-16)17(23)24-8-14(22)20-12-5-4-11(7-19)13(18)6-12/h4-6,9H,8H2,1-3H3,(H,20,22). The van der Waals surface area contributed by atoms with E-state index in [0.717, 1.165) is 0 Å². The molecular weight excluding hydrogens is 346 g/mol. The summed E-state index contributed by atoms with van der Waals surface area (Å²) in [5, 5.41) is 15.3. The number of amides is 1. The zero-order chi connectivity index (χ0) is 18.6. The van der Waals surface area contributed by atoms with Crippen LogP contribution >= 0.6 is 11.6 Å². The minimum atomic E-state index is -0.671. The van der Waals surface area contributed by atoms with Crippen molar-refractivity contribution < 1.29 is 18.8 Å². The molecule has 1 amide bonds. The predicted molar refractivity (Wildman–Crippen MR) is 90.4 cm³/mol. The number of hydrogen-bond acceptors (Lipinski definition) is 6. The quantitative estimate of drug-likeness (QED) is 0.818. The number of esters is 1. The van der Waals surface area contributed by atoms with Gasteiger partial charge in [-0.15, -0.1) is 0 Å². The highest BCUT2D eigenvalue weighted by Crippen LogP contribution is 2.23. The number of aryl methyl sites for hydroxylation is 1. The molecule has 1 N–H and O–H groups in total. The molecule has 0 saturated heterocycles. The largest absolute Gasteiger partial charge is 0.452 e. The molecule has 1 aromatic carbocycles. The Balaban J connectivity index is 1.98. The Hall–Kier alpha value is -2.85. The van der Waals surface area contributed by atoms with Crippen molar-refractivity contribution in [2.75, 3.05) is 11.9 Å². The number of aromatic nitrogens is 1. The lowest BCUT2D eigenvalue weighted by Crippen LogP contribution is -2.21. The van der Waals surface area contributed by atoms with Crippen LogP contribution in [0, 0.1) is 18.3 Å². The second-order valence-electron chi connectivity index (χ2n) is 5.59. The van der Waals surface area contributed by atoms with E-state index < -0.39 is 18.5 Å². The van der Waals surface area contributed by atoms with E-state index >= 15 is 0 Å². The molecule has 0 bridgehead atoms. The molecule has 8 heteroatoms. The van der Waals surface area contributed by atoms with Gasteiger partial charge in [-0.05, 0) is 25.1 Å². The fraction of sp³-hybridized carbons (Fsp3) is 0.294. The van der Waals surface area contributed by atoms with E-state index in [2.05, 4.69) is 10.5 Å². The number of anilines is 1. The summed E-state index contributed by atoms with van der Waals surface area (Å²) in [6.07, 6.45) is 0. The molecule has 0 saturated carbocycles. The number of nitrogens with zero attached hydrogens (tertiary/aromatic N) is 2. The van der Waals surface area contributed by atoms with Crippen LogP contribution in [0.5, 0.6) is 0 Å². The summed E-state index contributed by atoms with van der Waals surface area (Å²) in [4.78, 5) is 24.1. The van der Waals surface area contributed by atoms with E-state index in [0.29, 0.717) is 22.7 Å². The van der Waals surface area contributed by atoms with Crippen molar-refractivity contribution in [1.82, 2.24) is 5.16 Å². The first-order valence-electron chi connectivity index (χ1n) is 7.46. The van der Waals surface area contributed by atoms with Gasteiger partial charge in [0, 0.05) is 11.6 Å². The Kier molecular flexibility index (Phi) is 5.78. The smallest absolute Gasteiger partial charge is 0.344 e. The first-order valence-corrected chi connectivity index (χ1v) is 7.84. The van der Waals surface area contributed by atoms with Crippen molar-refractivity contribution in [3.63, 3.8) is 0 Å². The topological polar surface area (TPSA) is 105 Å². The van der Waals surface area contributed by atoms with Crippen LogP contribution in [0.2, 0.25) is 5.02 Å². The van der Waals surface area contributed by atoms with Crippen molar-refractivity contribution in [2.24, 2.45) is 0 Å². The molecule has 1 aromatic heterocycles. The number of nitrogens with one attached hydrogen (secondary N) is 1. The zero-order valence-electron chi connectivity index (χ0n) is 13.9. The Bertz CT molecular complexity index is 852. The monoisotopic (exact) mass is 361 g/mol. The van der Waals surface area contributed by atoms with E-state index in [1.807, 2.05) is 19.9 Å². The van der Waals surface area contributed by atoms with Gasteiger partial charge < -0.3 is 14.6 Å². The Labute approximate surface area is 149 Å². The number of hydrogen-bond donors (Lipinski definition) is 1. The number of benzene rings is 1. The molecule has 0 atom stereocenters. The average molecular weight is 362 g/mol. The van der Waals surface area contributed by atoms with Crippen LogP contribution in [-0.2, 0) is 9.53 Å². The Morgan fingerprint density at radius 3 is 2.76 bits per heavy atom. The van der Waals surface area contributed by atoms with Crippen LogP contribution in [0.4, 0.5) is 5.69 Å². The van der Waals surface area contributed by atoms with Gasteiger partial charge in [0.05, 0.1) is 16.3 Å². The summed E-state index contributed by atoms with van der Waals surface area (Å²) in [7, 11) is 0. The highest BCUT2D eigenvalue weighted by molar-refractivity contribution is 6.32. The highest BCUT2D eigenvalue weighted by atomic mass is 35.5.